The van der Waals surface area contributed by atoms with Gasteiger partial charge in [0.15, 0.2) is 15.6 Å². The zero-order valence-electron chi connectivity index (χ0n) is 11.8. The van der Waals surface area contributed by atoms with Gasteiger partial charge in [-0.2, -0.15) is 0 Å². The minimum atomic E-state index is -3.25. The average molecular weight is 302 g/mol. The Morgan fingerprint density at radius 2 is 1.81 bits per heavy atom. The second kappa shape index (κ2) is 5.60. The molecule has 1 fully saturated rings. The van der Waals surface area contributed by atoms with Gasteiger partial charge in [0.25, 0.3) is 0 Å². The van der Waals surface area contributed by atoms with E-state index in [1.807, 2.05) is 42.5 Å². The highest BCUT2D eigenvalue weighted by Gasteiger charge is 2.34. The van der Waals surface area contributed by atoms with E-state index in [1.165, 1.54) is 0 Å². The molecule has 1 aliphatic rings. The minimum Gasteiger partial charge on any atom is -0.298 e. The van der Waals surface area contributed by atoms with Gasteiger partial charge in [-0.1, -0.05) is 48.9 Å². The predicted octanol–water partition coefficient (Wildman–Crippen LogP) is 2.92. The van der Waals surface area contributed by atoms with E-state index in [-0.39, 0.29) is 18.0 Å². The standard InChI is InChI=1S/C17H18O3S/c18-16(17-10-3-4-11-21(17,19)20)12-14-8-5-7-13-6-1-2-9-15(13)14/h1-2,5-9,17H,3-4,10-12H2. The quantitative estimate of drug-likeness (QED) is 0.876. The summed E-state index contributed by atoms with van der Waals surface area (Å²) in [6, 6.07) is 13.7. The number of fused-ring (bicyclic) bond motifs is 1. The molecule has 0 amide bonds. The highest BCUT2D eigenvalue weighted by atomic mass is 32.2. The molecule has 4 heteroatoms. The largest absolute Gasteiger partial charge is 0.298 e. The van der Waals surface area contributed by atoms with Crippen LogP contribution in [0.2, 0.25) is 0 Å². The normalized spacial score (nSPS) is 21.2. The molecule has 0 saturated carbocycles. The van der Waals surface area contributed by atoms with Crippen LogP contribution >= 0.6 is 0 Å². The van der Waals surface area contributed by atoms with Crippen molar-refractivity contribution in [1.29, 1.82) is 0 Å². The molecule has 3 rings (SSSR count). The van der Waals surface area contributed by atoms with Gasteiger partial charge in [0.2, 0.25) is 0 Å². The average Bonchev–Trinajstić information content (AvgIpc) is 2.47. The monoisotopic (exact) mass is 302 g/mol. The Kier molecular flexibility index (Phi) is 3.81. The number of carbonyl (C=O) groups excluding carboxylic acids is 1. The molecule has 2 aromatic carbocycles. The highest BCUT2D eigenvalue weighted by molar-refractivity contribution is 7.92. The molecule has 1 unspecified atom stereocenters. The van der Waals surface area contributed by atoms with E-state index in [0.717, 1.165) is 22.8 Å². The van der Waals surface area contributed by atoms with Gasteiger partial charge in [-0.15, -0.1) is 0 Å². The lowest BCUT2D eigenvalue weighted by atomic mass is 9.98. The molecule has 0 bridgehead atoms. The zero-order valence-corrected chi connectivity index (χ0v) is 12.6. The molecule has 2 aromatic rings. The van der Waals surface area contributed by atoms with E-state index < -0.39 is 15.1 Å². The van der Waals surface area contributed by atoms with Gasteiger partial charge in [0, 0.05) is 6.42 Å². The lowest BCUT2D eigenvalue weighted by molar-refractivity contribution is -0.118. The van der Waals surface area contributed by atoms with Gasteiger partial charge < -0.3 is 0 Å². The lowest BCUT2D eigenvalue weighted by Crippen LogP contribution is -2.36. The summed E-state index contributed by atoms with van der Waals surface area (Å²) in [5, 5.41) is 1.31. The van der Waals surface area contributed by atoms with Crippen LogP contribution < -0.4 is 0 Å². The van der Waals surface area contributed by atoms with Crippen LogP contribution in [-0.4, -0.2) is 25.2 Å². The fourth-order valence-electron chi connectivity index (χ4n) is 3.06. The zero-order chi connectivity index (χ0) is 14.9. The molecule has 1 saturated heterocycles. The topological polar surface area (TPSA) is 51.2 Å². The lowest BCUT2D eigenvalue weighted by Gasteiger charge is -2.21. The number of hydrogen-bond donors (Lipinski definition) is 0. The second-order valence-corrected chi connectivity index (χ2v) is 7.94. The fraction of sp³-hybridized carbons (Fsp3) is 0.353. The first-order valence-electron chi connectivity index (χ1n) is 7.29. The predicted molar refractivity (Wildman–Crippen MR) is 84.1 cm³/mol. The molecule has 0 aromatic heterocycles. The van der Waals surface area contributed by atoms with Crippen LogP contribution in [0.4, 0.5) is 0 Å². The van der Waals surface area contributed by atoms with Gasteiger partial charge in [0.1, 0.15) is 5.25 Å². The van der Waals surface area contributed by atoms with Crippen molar-refractivity contribution >= 4 is 26.4 Å². The maximum absolute atomic E-state index is 12.4. The molecule has 1 heterocycles. The molecule has 0 spiro atoms. The van der Waals surface area contributed by atoms with Crippen LogP contribution in [0.25, 0.3) is 10.8 Å². The van der Waals surface area contributed by atoms with Crippen molar-refractivity contribution in [2.24, 2.45) is 0 Å². The van der Waals surface area contributed by atoms with Gasteiger partial charge in [-0.25, -0.2) is 8.42 Å². The Hall–Kier alpha value is -1.68. The van der Waals surface area contributed by atoms with E-state index in [1.54, 1.807) is 0 Å². The molecule has 0 aliphatic carbocycles. The Balaban J connectivity index is 1.90. The van der Waals surface area contributed by atoms with Gasteiger partial charge in [-0.05, 0) is 29.2 Å². The minimum absolute atomic E-state index is 0.152. The van der Waals surface area contributed by atoms with Gasteiger partial charge in [-0.3, -0.25) is 4.79 Å². The van der Waals surface area contributed by atoms with Crippen molar-refractivity contribution in [3.63, 3.8) is 0 Å². The third-order valence-corrected chi connectivity index (χ3v) is 6.41. The summed E-state index contributed by atoms with van der Waals surface area (Å²) in [4.78, 5) is 12.4. The first kappa shape index (κ1) is 14.3. The Morgan fingerprint density at radius 3 is 2.62 bits per heavy atom. The maximum atomic E-state index is 12.4. The number of hydrogen-bond acceptors (Lipinski definition) is 3. The summed E-state index contributed by atoms with van der Waals surface area (Å²) in [6.45, 7) is 0. The van der Waals surface area contributed by atoms with Crippen LogP contribution in [0.15, 0.2) is 42.5 Å². The SMILES string of the molecule is O=C(Cc1cccc2ccccc12)C1CCCCS1(=O)=O. The number of Topliss-reactive ketones (excluding diaryl/α,β-unsaturated/α-hetero) is 1. The van der Waals surface area contributed by atoms with Crippen molar-refractivity contribution in [1.82, 2.24) is 0 Å². The van der Waals surface area contributed by atoms with E-state index in [0.29, 0.717) is 12.8 Å². The summed E-state index contributed by atoms with van der Waals surface area (Å²) in [5.41, 5.74) is 0.916. The van der Waals surface area contributed by atoms with Gasteiger partial charge >= 0.3 is 0 Å². The van der Waals surface area contributed by atoms with Crippen molar-refractivity contribution in [2.75, 3.05) is 5.75 Å². The molecule has 0 radical (unpaired) electrons. The summed E-state index contributed by atoms with van der Waals surface area (Å²) >= 11 is 0. The van der Waals surface area contributed by atoms with Crippen LogP contribution in [-0.2, 0) is 21.1 Å². The van der Waals surface area contributed by atoms with Gasteiger partial charge in [0.05, 0.1) is 5.75 Å². The highest BCUT2D eigenvalue weighted by Crippen LogP contribution is 2.24. The van der Waals surface area contributed by atoms with Crippen LogP contribution in [0, 0.1) is 0 Å². The molecule has 1 atom stereocenters. The molecule has 3 nitrogen and oxygen atoms in total. The number of ketones is 1. The van der Waals surface area contributed by atoms with Crippen molar-refractivity contribution in [3.05, 3.63) is 48.0 Å². The maximum Gasteiger partial charge on any atom is 0.160 e. The fourth-order valence-corrected chi connectivity index (χ4v) is 4.96. The van der Waals surface area contributed by atoms with E-state index in [2.05, 4.69) is 0 Å². The Labute approximate surface area is 124 Å². The third kappa shape index (κ3) is 2.86. The van der Waals surface area contributed by atoms with Crippen LogP contribution in [0.1, 0.15) is 24.8 Å². The van der Waals surface area contributed by atoms with Crippen molar-refractivity contribution < 1.29 is 13.2 Å². The number of benzene rings is 2. The smallest absolute Gasteiger partial charge is 0.160 e. The molecular weight excluding hydrogens is 284 g/mol. The van der Waals surface area contributed by atoms with E-state index >= 15 is 0 Å². The first-order chi connectivity index (χ1) is 10.1. The van der Waals surface area contributed by atoms with Crippen LogP contribution in [0.3, 0.4) is 0 Å². The van der Waals surface area contributed by atoms with Crippen molar-refractivity contribution in [2.45, 2.75) is 30.9 Å². The second-order valence-electron chi connectivity index (χ2n) is 5.63. The Bertz CT molecular complexity index is 772. The summed E-state index contributed by atoms with van der Waals surface area (Å²) in [6.07, 6.45) is 2.18. The molecule has 1 aliphatic heterocycles. The van der Waals surface area contributed by atoms with E-state index in [9.17, 15) is 13.2 Å². The number of rotatable bonds is 3. The van der Waals surface area contributed by atoms with E-state index in [4.69, 9.17) is 0 Å². The number of carbonyl (C=O) groups is 1. The van der Waals surface area contributed by atoms with Crippen molar-refractivity contribution in [3.8, 4) is 0 Å². The Morgan fingerprint density at radius 1 is 1.05 bits per heavy atom. The summed E-state index contributed by atoms with van der Waals surface area (Å²) < 4.78 is 24.1. The molecule has 0 N–H and O–H groups in total. The summed E-state index contributed by atoms with van der Waals surface area (Å²) in [7, 11) is -3.25. The third-order valence-electron chi connectivity index (χ3n) is 4.18. The summed E-state index contributed by atoms with van der Waals surface area (Å²) in [5.74, 6) is -0.00933. The molecular formula is C17H18O3S. The first-order valence-corrected chi connectivity index (χ1v) is 9.00. The molecule has 110 valence electrons. The number of sulfone groups is 1. The molecule has 21 heavy (non-hydrogen) atoms. The van der Waals surface area contributed by atoms with Crippen LogP contribution in [0.5, 0.6) is 0 Å².